The zero-order valence-corrected chi connectivity index (χ0v) is 13.1. The van der Waals surface area contributed by atoms with Gasteiger partial charge in [0, 0.05) is 30.4 Å². The topological polar surface area (TPSA) is 63.2 Å². The Bertz CT molecular complexity index is 724. The Balaban J connectivity index is 1.61. The molecule has 2 N–H and O–H groups in total. The van der Waals surface area contributed by atoms with Crippen LogP contribution in [0.2, 0.25) is 0 Å². The number of pyridine rings is 1. The number of hydrogen-bond acceptors (Lipinski definition) is 4. The fourth-order valence-electron chi connectivity index (χ4n) is 2.45. The number of amides is 1. The van der Waals surface area contributed by atoms with Crippen molar-refractivity contribution in [3.8, 4) is 11.6 Å². The molecule has 2 aromatic rings. The number of benzene rings is 1. The van der Waals surface area contributed by atoms with Crippen molar-refractivity contribution in [2.75, 3.05) is 13.1 Å². The first-order chi connectivity index (χ1) is 11.9. The molecule has 1 aliphatic heterocycles. The molecule has 0 bridgehead atoms. The van der Waals surface area contributed by atoms with Gasteiger partial charge in [0.05, 0.1) is 5.56 Å². The summed E-state index contributed by atoms with van der Waals surface area (Å²) in [6.45, 7) is 1.64. The number of rotatable bonds is 4. The van der Waals surface area contributed by atoms with Crippen molar-refractivity contribution in [1.29, 1.82) is 0 Å². The highest BCUT2D eigenvalue weighted by Crippen LogP contribution is 2.30. The number of hydrogen-bond donors (Lipinski definition) is 2. The zero-order chi connectivity index (χ0) is 17.9. The Kier molecular flexibility index (Phi) is 4.89. The van der Waals surface area contributed by atoms with Crippen molar-refractivity contribution in [1.82, 2.24) is 15.6 Å². The number of nitrogens with zero attached hydrogens (tertiary/aromatic N) is 1. The number of carbonyl (C=O) groups is 1. The molecule has 25 heavy (non-hydrogen) atoms. The molecular weight excluding hydrogens is 335 g/mol. The van der Waals surface area contributed by atoms with E-state index in [1.54, 1.807) is 24.3 Å². The summed E-state index contributed by atoms with van der Waals surface area (Å²) >= 11 is 0. The molecule has 1 aromatic heterocycles. The number of nitrogens with one attached hydrogen (secondary N) is 2. The summed E-state index contributed by atoms with van der Waals surface area (Å²) in [5.41, 5.74) is -0.354. The normalized spacial score (nSPS) is 17.3. The lowest BCUT2D eigenvalue weighted by Gasteiger charge is -2.12. The van der Waals surface area contributed by atoms with Crippen LogP contribution in [-0.4, -0.2) is 30.0 Å². The molecule has 1 unspecified atom stereocenters. The van der Waals surface area contributed by atoms with E-state index in [1.165, 1.54) is 0 Å². The van der Waals surface area contributed by atoms with Gasteiger partial charge in [0.1, 0.15) is 5.75 Å². The quantitative estimate of drug-likeness (QED) is 0.889. The third-order valence-electron chi connectivity index (χ3n) is 3.80. The molecule has 1 aliphatic rings. The largest absolute Gasteiger partial charge is 0.439 e. The molecule has 0 saturated carbocycles. The summed E-state index contributed by atoms with van der Waals surface area (Å²) < 4.78 is 42.9. The van der Waals surface area contributed by atoms with Gasteiger partial charge in [-0.05, 0) is 43.3 Å². The van der Waals surface area contributed by atoms with Crippen LogP contribution in [0.4, 0.5) is 13.2 Å². The summed E-state index contributed by atoms with van der Waals surface area (Å²) in [5.74, 6) is 0.251. The molecule has 1 atom stereocenters. The third kappa shape index (κ3) is 4.48. The van der Waals surface area contributed by atoms with Crippen LogP contribution in [0.3, 0.4) is 0 Å². The van der Waals surface area contributed by atoms with Crippen molar-refractivity contribution in [2.24, 2.45) is 0 Å². The Morgan fingerprint density at radius 3 is 2.52 bits per heavy atom. The molecule has 1 fully saturated rings. The van der Waals surface area contributed by atoms with Crippen molar-refractivity contribution < 1.29 is 22.7 Å². The summed E-state index contributed by atoms with van der Waals surface area (Å²) in [7, 11) is 0. The van der Waals surface area contributed by atoms with E-state index >= 15 is 0 Å². The van der Waals surface area contributed by atoms with E-state index in [-0.39, 0.29) is 17.8 Å². The van der Waals surface area contributed by atoms with Crippen molar-refractivity contribution in [3.63, 3.8) is 0 Å². The van der Waals surface area contributed by atoms with Crippen molar-refractivity contribution >= 4 is 5.91 Å². The second-order valence-corrected chi connectivity index (χ2v) is 5.67. The van der Waals surface area contributed by atoms with Gasteiger partial charge in [-0.2, -0.15) is 13.2 Å². The average molecular weight is 351 g/mol. The number of alkyl halides is 3. The van der Waals surface area contributed by atoms with Crippen LogP contribution >= 0.6 is 0 Å². The van der Waals surface area contributed by atoms with Crippen LogP contribution in [-0.2, 0) is 6.18 Å². The number of halogens is 3. The number of carbonyl (C=O) groups excluding carboxylic acids is 1. The van der Waals surface area contributed by atoms with Crippen LogP contribution in [0.1, 0.15) is 22.3 Å². The summed E-state index contributed by atoms with van der Waals surface area (Å²) in [4.78, 5) is 15.7. The maximum atomic E-state index is 12.5. The molecule has 8 heteroatoms. The van der Waals surface area contributed by atoms with E-state index in [0.717, 1.165) is 31.6 Å². The van der Waals surface area contributed by atoms with E-state index < -0.39 is 11.7 Å². The second-order valence-electron chi connectivity index (χ2n) is 5.67. The Labute approximate surface area is 142 Å². The Morgan fingerprint density at radius 2 is 1.96 bits per heavy atom. The van der Waals surface area contributed by atoms with Gasteiger partial charge in [-0.1, -0.05) is 0 Å². The zero-order valence-electron chi connectivity index (χ0n) is 13.1. The Hall–Kier alpha value is -2.61. The van der Waals surface area contributed by atoms with Crippen LogP contribution in [0.5, 0.6) is 11.6 Å². The van der Waals surface area contributed by atoms with Gasteiger partial charge < -0.3 is 15.4 Å². The van der Waals surface area contributed by atoms with Crippen LogP contribution in [0.25, 0.3) is 0 Å². The van der Waals surface area contributed by atoms with E-state index in [0.29, 0.717) is 17.5 Å². The average Bonchev–Trinajstić information content (AvgIpc) is 3.08. The molecule has 2 heterocycles. The lowest BCUT2D eigenvalue weighted by molar-refractivity contribution is -0.137. The standard InChI is InChI=1S/C17H16F3N3O2/c18-17(19,20)12-3-6-15(22-9-12)25-14-4-1-11(2-5-14)16(24)23-13-7-8-21-10-13/h1-6,9,13,21H,7-8,10H2,(H,23,24). The molecule has 132 valence electrons. The highest BCUT2D eigenvalue weighted by molar-refractivity contribution is 5.94. The lowest BCUT2D eigenvalue weighted by Crippen LogP contribution is -2.36. The van der Waals surface area contributed by atoms with Crippen molar-refractivity contribution in [2.45, 2.75) is 18.6 Å². The third-order valence-corrected chi connectivity index (χ3v) is 3.80. The van der Waals surface area contributed by atoms with Gasteiger partial charge in [-0.3, -0.25) is 4.79 Å². The van der Waals surface area contributed by atoms with Gasteiger partial charge in [0.15, 0.2) is 0 Å². The van der Waals surface area contributed by atoms with Gasteiger partial charge in [0.2, 0.25) is 5.88 Å². The first kappa shape index (κ1) is 17.2. The summed E-state index contributed by atoms with van der Waals surface area (Å²) in [5, 5.41) is 6.09. The maximum Gasteiger partial charge on any atom is 0.417 e. The molecule has 0 aliphatic carbocycles. The monoisotopic (exact) mass is 351 g/mol. The van der Waals surface area contributed by atoms with Crippen LogP contribution in [0, 0.1) is 0 Å². The minimum atomic E-state index is -4.44. The van der Waals surface area contributed by atoms with Crippen molar-refractivity contribution in [3.05, 3.63) is 53.7 Å². The minimum Gasteiger partial charge on any atom is -0.439 e. The molecule has 0 radical (unpaired) electrons. The second kappa shape index (κ2) is 7.10. The predicted octanol–water partition coefficient (Wildman–Crippen LogP) is 2.98. The number of ether oxygens (including phenoxy) is 1. The Morgan fingerprint density at radius 1 is 1.20 bits per heavy atom. The molecule has 1 aromatic carbocycles. The van der Waals surface area contributed by atoms with Gasteiger partial charge in [-0.15, -0.1) is 0 Å². The van der Waals surface area contributed by atoms with Crippen LogP contribution < -0.4 is 15.4 Å². The van der Waals surface area contributed by atoms with Gasteiger partial charge in [0.25, 0.3) is 5.91 Å². The summed E-state index contributed by atoms with van der Waals surface area (Å²) in [6.07, 6.45) is -2.82. The molecule has 3 rings (SSSR count). The van der Waals surface area contributed by atoms with Gasteiger partial charge >= 0.3 is 6.18 Å². The molecule has 5 nitrogen and oxygen atoms in total. The molecule has 1 saturated heterocycles. The summed E-state index contributed by atoms with van der Waals surface area (Å²) in [6, 6.07) is 8.51. The SMILES string of the molecule is O=C(NC1CCNC1)c1ccc(Oc2ccc(C(F)(F)F)cn2)cc1. The fourth-order valence-corrected chi connectivity index (χ4v) is 2.45. The molecular formula is C17H16F3N3O2. The lowest BCUT2D eigenvalue weighted by atomic mass is 10.2. The highest BCUT2D eigenvalue weighted by atomic mass is 19.4. The van der Waals surface area contributed by atoms with E-state index in [1.807, 2.05) is 0 Å². The predicted molar refractivity (Wildman–Crippen MR) is 84.5 cm³/mol. The first-order valence-corrected chi connectivity index (χ1v) is 7.74. The highest BCUT2D eigenvalue weighted by Gasteiger charge is 2.30. The minimum absolute atomic E-state index is 0.0437. The molecule has 0 spiro atoms. The smallest absolute Gasteiger partial charge is 0.417 e. The van der Waals surface area contributed by atoms with Gasteiger partial charge in [-0.25, -0.2) is 4.98 Å². The van der Waals surface area contributed by atoms with Crippen LogP contribution in [0.15, 0.2) is 42.6 Å². The number of aromatic nitrogens is 1. The van der Waals surface area contributed by atoms with E-state index in [2.05, 4.69) is 15.6 Å². The van der Waals surface area contributed by atoms with E-state index in [4.69, 9.17) is 4.74 Å². The van der Waals surface area contributed by atoms with E-state index in [9.17, 15) is 18.0 Å². The molecule has 1 amide bonds. The fraction of sp³-hybridized carbons (Fsp3) is 0.294. The first-order valence-electron chi connectivity index (χ1n) is 7.74. The maximum absolute atomic E-state index is 12.5.